The van der Waals surface area contributed by atoms with E-state index in [0.717, 1.165) is 18.8 Å². The van der Waals surface area contributed by atoms with E-state index in [-0.39, 0.29) is 30.1 Å². The second-order valence-corrected chi connectivity index (χ2v) is 7.11. The molecule has 20 heavy (non-hydrogen) atoms. The van der Waals surface area contributed by atoms with Crippen molar-refractivity contribution in [1.82, 2.24) is 5.32 Å². The summed E-state index contributed by atoms with van der Waals surface area (Å²) in [5.41, 5.74) is 1.01. The minimum atomic E-state index is -3.16. The van der Waals surface area contributed by atoms with Crippen molar-refractivity contribution in [3.05, 3.63) is 24.3 Å². The number of nitrogens with zero attached hydrogens (tertiary/aromatic N) is 1. The molecule has 0 saturated carbocycles. The van der Waals surface area contributed by atoms with Crippen LogP contribution in [-0.4, -0.2) is 40.9 Å². The number of rotatable bonds is 3. The van der Waals surface area contributed by atoms with E-state index < -0.39 is 9.84 Å². The van der Waals surface area contributed by atoms with Gasteiger partial charge in [0.15, 0.2) is 9.84 Å². The van der Waals surface area contributed by atoms with Gasteiger partial charge in [-0.25, -0.2) is 8.42 Å². The van der Waals surface area contributed by atoms with Crippen LogP contribution >= 0.6 is 24.8 Å². The van der Waals surface area contributed by atoms with Gasteiger partial charge in [0, 0.05) is 19.8 Å². The molecule has 0 aliphatic carbocycles. The second-order valence-electron chi connectivity index (χ2n) is 4.88. The van der Waals surface area contributed by atoms with Crippen LogP contribution in [0.1, 0.15) is 12.8 Å². The van der Waals surface area contributed by atoms with Gasteiger partial charge in [-0.15, -0.1) is 24.8 Å². The molecular weight excluding hydrogens is 319 g/mol. The number of sulfone groups is 1. The lowest BCUT2D eigenvalue weighted by molar-refractivity contribution is 0.496. The van der Waals surface area contributed by atoms with Gasteiger partial charge in [0.2, 0.25) is 0 Å². The molecule has 0 aromatic heterocycles. The summed E-state index contributed by atoms with van der Waals surface area (Å²) in [5, 5.41) is 2.96. The number of piperidine rings is 1. The smallest absolute Gasteiger partial charge is 0.181 e. The summed E-state index contributed by atoms with van der Waals surface area (Å²) >= 11 is 0. The van der Waals surface area contributed by atoms with Gasteiger partial charge in [-0.05, 0) is 50.2 Å². The Hall–Kier alpha value is -0.490. The highest BCUT2D eigenvalue weighted by Gasteiger charge is 2.28. The fraction of sp³-hybridized carbons (Fsp3) is 0.538. The van der Waals surface area contributed by atoms with Gasteiger partial charge in [0.1, 0.15) is 0 Å². The monoisotopic (exact) mass is 340 g/mol. The largest absolute Gasteiger partial charge is 0.378 e. The van der Waals surface area contributed by atoms with Crippen LogP contribution in [0.5, 0.6) is 0 Å². The minimum Gasteiger partial charge on any atom is -0.378 e. The van der Waals surface area contributed by atoms with Crippen LogP contribution in [0.4, 0.5) is 5.69 Å². The van der Waals surface area contributed by atoms with Gasteiger partial charge >= 0.3 is 0 Å². The summed E-state index contributed by atoms with van der Waals surface area (Å²) in [6.07, 6.45) is 1.41. The summed E-state index contributed by atoms with van der Waals surface area (Å²) in [4.78, 5) is 2.40. The maximum atomic E-state index is 12.4. The molecule has 1 N–H and O–H groups in total. The molecule has 0 amide bonds. The molecule has 1 heterocycles. The van der Waals surface area contributed by atoms with Gasteiger partial charge in [-0.3, -0.25) is 0 Å². The predicted molar refractivity (Wildman–Crippen MR) is 88.3 cm³/mol. The molecule has 0 unspecified atom stereocenters. The third kappa shape index (κ3) is 4.25. The first-order valence-electron chi connectivity index (χ1n) is 6.24. The molecule has 7 heteroatoms. The molecule has 1 aliphatic rings. The average Bonchev–Trinajstić information content (AvgIpc) is 2.40. The molecule has 0 radical (unpaired) electrons. The third-order valence-corrected chi connectivity index (χ3v) is 5.68. The first-order chi connectivity index (χ1) is 8.51. The Labute approximate surface area is 133 Å². The summed E-state index contributed by atoms with van der Waals surface area (Å²) in [6.45, 7) is 1.58. The van der Waals surface area contributed by atoms with Crippen LogP contribution in [0.15, 0.2) is 29.2 Å². The van der Waals surface area contributed by atoms with Crippen molar-refractivity contribution in [1.29, 1.82) is 0 Å². The molecule has 0 atom stereocenters. The Bertz CT molecular complexity index is 498. The number of nitrogens with one attached hydrogen (secondary N) is 1. The Balaban J connectivity index is 0.00000180. The van der Waals surface area contributed by atoms with Gasteiger partial charge in [0.05, 0.1) is 10.1 Å². The van der Waals surface area contributed by atoms with Crippen LogP contribution in [0.2, 0.25) is 0 Å². The molecule has 4 nitrogen and oxygen atoms in total. The third-order valence-electron chi connectivity index (χ3n) is 3.41. The number of benzene rings is 1. The van der Waals surface area contributed by atoms with Gasteiger partial charge in [-0.1, -0.05) is 0 Å². The normalized spacial score (nSPS) is 15.9. The van der Waals surface area contributed by atoms with E-state index in [2.05, 4.69) is 5.32 Å². The van der Waals surface area contributed by atoms with Crippen molar-refractivity contribution in [2.75, 3.05) is 32.1 Å². The van der Waals surface area contributed by atoms with Gasteiger partial charge < -0.3 is 10.2 Å². The Morgan fingerprint density at radius 2 is 1.55 bits per heavy atom. The van der Waals surface area contributed by atoms with Crippen molar-refractivity contribution in [2.45, 2.75) is 23.0 Å². The van der Waals surface area contributed by atoms with E-state index in [4.69, 9.17) is 0 Å². The van der Waals surface area contributed by atoms with Crippen LogP contribution < -0.4 is 10.2 Å². The average molecular weight is 341 g/mol. The highest BCUT2D eigenvalue weighted by atomic mass is 35.5. The zero-order valence-electron chi connectivity index (χ0n) is 11.7. The van der Waals surface area contributed by atoms with Gasteiger partial charge in [0.25, 0.3) is 0 Å². The fourth-order valence-corrected chi connectivity index (χ4v) is 3.99. The molecule has 0 bridgehead atoms. The van der Waals surface area contributed by atoms with E-state index in [1.807, 2.05) is 31.1 Å². The minimum absolute atomic E-state index is 0. The van der Waals surface area contributed by atoms with Gasteiger partial charge in [-0.2, -0.15) is 0 Å². The molecule has 1 saturated heterocycles. The lowest BCUT2D eigenvalue weighted by Gasteiger charge is -2.23. The lowest BCUT2D eigenvalue weighted by Crippen LogP contribution is -2.35. The summed E-state index contributed by atoms with van der Waals surface area (Å²) in [5.74, 6) is 0. The van der Waals surface area contributed by atoms with Crippen molar-refractivity contribution in [3.63, 3.8) is 0 Å². The fourth-order valence-electron chi connectivity index (χ4n) is 2.23. The van der Waals surface area contributed by atoms with E-state index in [0.29, 0.717) is 17.7 Å². The molecule has 116 valence electrons. The van der Waals surface area contributed by atoms with Crippen LogP contribution in [0, 0.1) is 0 Å². The second kappa shape index (κ2) is 8.08. The highest BCUT2D eigenvalue weighted by Crippen LogP contribution is 2.24. The standard InChI is InChI=1S/C13H20N2O2S.2ClH/c1-15(2)11-3-5-12(6-4-11)18(16,17)13-7-9-14-10-8-13;;/h3-6,13-14H,7-10H2,1-2H3;2*1H. The first-order valence-corrected chi connectivity index (χ1v) is 7.78. The van der Waals surface area contributed by atoms with E-state index >= 15 is 0 Å². The maximum Gasteiger partial charge on any atom is 0.181 e. The SMILES string of the molecule is CN(C)c1ccc(S(=O)(=O)C2CCNCC2)cc1.Cl.Cl. The predicted octanol–water partition coefficient (Wildman–Crippen LogP) is 2.12. The van der Waals surface area contributed by atoms with Crippen molar-refractivity contribution in [3.8, 4) is 0 Å². The Kier molecular flexibility index (Phi) is 7.88. The molecule has 1 aliphatic heterocycles. The van der Waals surface area contributed by atoms with Crippen molar-refractivity contribution in [2.24, 2.45) is 0 Å². The quantitative estimate of drug-likeness (QED) is 0.915. The molecule has 2 rings (SSSR count). The molecular formula is C13H22Cl2N2O2S. The summed E-state index contributed by atoms with van der Waals surface area (Å²) < 4.78 is 24.9. The summed E-state index contributed by atoms with van der Waals surface area (Å²) in [6, 6.07) is 7.14. The number of hydrogen-bond donors (Lipinski definition) is 1. The van der Waals surface area contributed by atoms with Crippen LogP contribution in [0.25, 0.3) is 0 Å². The molecule has 1 fully saturated rings. The van der Waals surface area contributed by atoms with E-state index in [1.54, 1.807) is 12.1 Å². The van der Waals surface area contributed by atoms with Crippen LogP contribution in [0.3, 0.4) is 0 Å². The van der Waals surface area contributed by atoms with Crippen molar-refractivity contribution < 1.29 is 8.42 Å². The number of hydrogen-bond acceptors (Lipinski definition) is 4. The topological polar surface area (TPSA) is 49.4 Å². The van der Waals surface area contributed by atoms with E-state index in [1.165, 1.54) is 0 Å². The zero-order chi connectivity index (χ0) is 13.2. The Morgan fingerprint density at radius 1 is 1.05 bits per heavy atom. The number of halogens is 2. The van der Waals surface area contributed by atoms with E-state index in [9.17, 15) is 8.42 Å². The molecule has 1 aromatic rings. The Morgan fingerprint density at radius 3 is 2.00 bits per heavy atom. The molecule has 1 aromatic carbocycles. The first kappa shape index (κ1) is 19.5. The maximum absolute atomic E-state index is 12.4. The summed E-state index contributed by atoms with van der Waals surface area (Å²) in [7, 11) is 0.719. The highest BCUT2D eigenvalue weighted by molar-refractivity contribution is 7.92. The number of anilines is 1. The van der Waals surface area contributed by atoms with Crippen LogP contribution in [-0.2, 0) is 9.84 Å². The van der Waals surface area contributed by atoms with Crippen molar-refractivity contribution >= 4 is 40.3 Å². The molecule has 0 spiro atoms. The zero-order valence-corrected chi connectivity index (χ0v) is 14.2. The lowest BCUT2D eigenvalue weighted by atomic mass is 10.2.